The second kappa shape index (κ2) is 6.98. The Morgan fingerprint density at radius 2 is 1.94 bits per heavy atom. The molecule has 0 unspecified atom stereocenters. The summed E-state index contributed by atoms with van der Waals surface area (Å²) in [6, 6.07) is 6.69. The van der Waals surface area contributed by atoms with Crippen molar-refractivity contribution < 1.29 is 9.59 Å². The highest BCUT2D eigenvalue weighted by atomic mass is 35.5. The van der Waals surface area contributed by atoms with Gasteiger partial charge in [0.2, 0.25) is 5.91 Å². The maximum atomic E-state index is 11.2. The van der Waals surface area contributed by atoms with Crippen molar-refractivity contribution in [1.82, 2.24) is 10.2 Å². The molecule has 0 radical (unpaired) electrons. The Labute approximate surface area is 111 Å². The molecule has 18 heavy (non-hydrogen) atoms. The Hall–Kier alpha value is -1.59. The van der Waals surface area contributed by atoms with Gasteiger partial charge in [0.05, 0.1) is 0 Å². The van der Waals surface area contributed by atoms with Crippen molar-refractivity contribution in [1.29, 1.82) is 0 Å². The second-order valence-electron chi connectivity index (χ2n) is 4.03. The number of halogens is 1. The summed E-state index contributed by atoms with van der Waals surface area (Å²) in [6.07, 6.45) is 0.229. The number of imide groups is 1. The molecule has 0 saturated carbocycles. The first-order valence-corrected chi connectivity index (χ1v) is 5.87. The minimum atomic E-state index is -0.819. The molecule has 0 fully saturated rings. The van der Waals surface area contributed by atoms with Crippen LogP contribution in [0.15, 0.2) is 24.3 Å². The van der Waals surface area contributed by atoms with Gasteiger partial charge in [-0.05, 0) is 24.7 Å². The molecule has 0 heterocycles. The second-order valence-corrected chi connectivity index (χ2v) is 4.46. The number of hydrogen-bond donors (Lipinski definition) is 2. The molecule has 5 nitrogen and oxygen atoms in total. The van der Waals surface area contributed by atoms with Crippen molar-refractivity contribution in [2.75, 3.05) is 13.6 Å². The number of hydrogen-bond acceptors (Lipinski definition) is 3. The number of rotatable bonds is 5. The largest absolute Gasteiger partial charge is 0.351 e. The molecule has 0 aliphatic carbocycles. The Balaban J connectivity index is 2.33. The molecule has 0 bridgehead atoms. The van der Waals surface area contributed by atoms with Crippen LogP contribution in [0.25, 0.3) is 0 Å². The molecule has 0 aliphatic rings. The molecule has 1 aromatic rings. The van der Waals surface area contributed by atoms with Crippen molar-refractivity contribution in [2.45, 2.75) is 13.0 Å². The molecule has 0 aliphatic heterocycles. The molecule has 0 aromatic heterocycles. The van der Waals surface area contributed by atoms with Crippen molar-refractivity contribution in [3.8, 4) is 0 Å². The number of carbonyl (C=O) groups excluding carboxylic acids is 2. The standard InChI is InChI=1S/C12H16ClN3O2/c1-16(7-6-11(17)15-12(14)18)8-9-2-4-10(13)5-3-9/h2-5H,6-8H2,1H3,(H3,14,15,17,18). The Morgan fingerprint density at radius 1 is 1.33 bits per heavy atom. The molecule has 3 N–H and O–H groups in total. The first-order chi connectivity index (χ1) is 8.47. The molecule has 1 aromatic carbocycles. The van der Waals surface area contributed by atoms with Gasteiger partial charge < -0.3 is 10.6 Å². The maximum absolute atomic E-state index is 11.2. The van der Waals surface area contributed by atoms with Crippen molar-refractivity contribution >= 4 is 23.5 Å². The molecule has 6 heteroatoms. The van der Waals surface area contributed by atoms with Crippen LogP contribution in [0.1, 0.15) is 12.0 Å². The molecule has 98 valence electrons. The number of carbonyl (C=O) groups is 2. The molecular weight excluding hydrogens is 254 g/mol. The lowest BCUT2D eigenvalue weighted by Crippen LogP contribution is -2.36. The van der Waals surface area contributed by atoms with Gasteiger partial charge in [0.1, 0.15) is 0 Å². The smallest absolute Gasteiger partial charge is 0.318 e. The third-order valence-electron chi connectivity index (χ3n) is 2.35. The van der Waals surface area contributed by atoms with E-state index in [1.54, 1.807) is 0 Å². The van der Waals surface area contributed by atoms with Gasteiger partial charge in [-0.25, -0.2) is 4.79 Å². The fraction of sp³-hybridized carbons (Fsp3) is 0.333. The van der Waals surface area contributed by atoms with E-state index in [-0.39, 0.29) is 12.3 Å². The normalized spacial score (nSPS) is 10.4. The Bertz CT molecular complexity index is 420. The van der Waals surface area contributed by atoms with Crippen LogP contribution >= 0.6 is 11.6 Å². The number of nitrogens with one attached hydrogen (secondary N) is 1. The number of nitrogens with two attached hydrogens (primary N) is 1. The minimum absolute atomic E-state index is 0.229. The molecule has 0 saturated heterocycles. The van der Waals surface area contributed by atoms with Crippen LogP contribution in [0.5, 0.6) is 0 Å². The van der Waals surface area contributed by atoms with E-state index in [2.05, 4.69) is 0 Å². The highest BCUT2D eigenvalue weighted by Gasteiger charge is 2.06. The van der Waals surface area contributed by atoms with Gasteiger partial charge in [0.15, 0.2) is 0 Å². The van der Waals surface area contributed by atoms with Crippen LogP contribution in [0.4, 0.5) is 4.79 Å². The predicted octanol–water partition coefficient (Wildman–Crippen LogP) is 1.36. The third kappa shape index (κ3) is 5.65. The highest BCUT2D eigenvalue weighted by molar-refractivity contribution is 6.30. The SMILES string of the molecule is CN(CCC(=O)NC(N)=O)Cc1ccc(Cl)cc1. The first-order valence-electron chi connectivity index (χ1n) is 5.49. The lowest BCUT2D eigenvalue weighted by atomic mass is 10.2. The zero-order chi connectivity index (χ0) is 13.5. The number of primary amides is 1. The molecule has 0 spiro atoms. The molecular formula is C12H16ClN3O2. The summed E-state index contributed by atoms with van der Waals surface area (Å²) >= 11 is 5.79. The lowest BCUT2D eigenvalue weighted by Gasteiger charge is -2.16. The van der Waals surface area contributed by atoms with Gasteiger partial charge >= 0.3 is 6.03 Å². The van der Waals surface area contributed by atoms with Gasteiger partial charge in [0.25, 0.3) is 0 Å². The summed E-state index contributed by atoms with van der Waals surface area (Å²) in [5.74, 6) is -0.370. The number of urea groups is 1. The van der Waals surface area contributed by atoms with E-state index in [1.165, 1.54) is 0 Å². The van der Waals surface area contributed by atoms with Crippen LogP contribution < -0.4 is 11.1 Å². The molecule has 0 atom stereocenters. The Morgan fingerprint density at radius 3 is 2.50 bits per heavy atom. The van der Waals surface area contributed by atoms with E-state index in [1.807, 2.05) is 41.5 Å². The summed E-state index contributed by atoms with van der Waals surface area (Å²) in [7, 11) is 1.89. The molecule has 3 amide bonds. The highest BCUT2D eigenvalue weighted by Crippen LogP contribution is 2.10. The minimum Gasteiger partial charge on any atom is -0.351 e. The monoisotopic (exact) mass is 269 g/mol. The van der Waals surface area contributed by atoms with E-state index in [0.717, 1.165) is 5.56 Å². The van der Waals surface area contributed by atoms with Crippen molar-refractivity contribution in [2.24, 2.45) is 5.73 Å². The van der Waals surface area contributed by atoms with Gasteiger partial charge in [-0.1, -0.05) is 23.7 Å². The van der Waals surface area contributed by atoms with Gasteiger partial charge in [0, 0.05) is 24.5 Å². The average Bonchev–Trinajstić information content (AvgIpc) is 2.29. The molecule has 1 rings (SSSR count). The predicted molar refractivity (Wildman–Crippen MR) is 70.1 cm³/mol. The van der Waals surface area contributed by atoms with E-state index < -0.39 is 6.03 Å². The van der Waals surface area contributed by atoms with E-state index in [4.69, 9.17) is 17.3 Å². The van der Waals surface area contributed by atoms with Crippen LogP contribution in [-0.4, -0.2) is 30.4 Å². The number of benzene rings is 1. The quantitative estimate of drug-likeness (QED) is 0.847. The Kier molecular flexibility index (Phi) is 5.61. The summed E-state index contributed by atoms with van der Waals surface area (Å²) in [6.45, 7) is 1.25. The maximum Gasteiger partial charge on any atom is 0.318 e. The van der Waals surface area contributed by atoms with Crippen LogP contribution in [-0.2, 0) is 11.3 Å². The van der Waals surface area contributed by atoms with Crippen LogP contribution in [0.3, 0.4) is 0 Å². The number of nitrogens with zero attached hydrogens (tertiary/aromatic N) is 1. The van der Waals surface area contributed by atoms with E-state index >= 15 is 0 Å². The van der Waals surface area contributed by atoms with Gasteiger partial charge in [-0.2, -0.15) is 0 Å². The summed E-state index contributed by atoms with van der Waals surface area (Å²) < 4.78 is 0. The lowest BCUT2D eigenvalue weighted by molar-refractivity contribution is -0.120. The van der Waals surface area contributed by atoms with Crippen molar-refractivity contribution in [3.05, 3.63) is 34.9 Å². The fourth-order valence-electron chi connectivity index (χ4n) is 1.47. The summed E-state index contributed by atoms with van der Waals surface area (Å²) in [5, 5.41) is 2.72. The van der Waals surface area contributed by atoms with E-state index in [0.29, 0.717) is 18.1 Å². The zero-order valence-corrected chi connectivity index (χ0v) is 10.9. The van der Waals surface area contributed by atoms with Crippen LogP contribution in [0.2, 0.25) is 5.02 Å². The summed E-state index contributed by atoms with van der Waals surface area (Å²) in [5.41, 5.74) is 5.95. The average molecular weight is 270 g/mol. The van der Waals surface area contributed by atoms with Gasteiger partial charge in [-0.15, -0.1) is 0 Å². The topological polar surface area (TPSA) is 75.4 Å². The third-order valence-corrected chi connectivity index (χ3v) is 2.60. The first kappa shape index (κ1) is 14.5. The van der Waals surface area contributed by atoms with Crippen LogP contribution in [0, 0.1) is 0 Å². The van der Waals surface area contributed by atoms with Crippen molar-refractivity contribution in [3.63, 3.8) is 0 Å². The summed E-state index contributed by atoms with van der Waals surface area (Å²) in [4.78, 5) is 23.6. The number of amides is 3. The fourth-order valence-corrected chi connectivity index (χ4v) is 1.60. The zero-order valence-electron chi connectivity index (χ0n) is 10.1. The van der Waals surface area contributed by atoms with Gasteiger partial charge in [-0.3, -0.25) is 10.1 Å². The van der Waals surface area contributed by atoms with E-state index in [9.17, 15) is 9.59 Å².